The number of hydrogen-bond donors (Lipinski definition) is 4. The predicted molar refractivity (Wildman–Crippen MR) is 155 cm³/mol. The number of esters is 1. The van der Waals surface area contributed by atoms with Crippen molar-refractivity contribution in [1.29, 1.82) is 0 Å². The van der Waals surface area contributed by atoms with Gasteiger partial charge in [-0.1, -0.05) is 34.6 Å². The highest BCUT2D eigenvalue weighted by molar-refractivity contribution is 5.65. The van der Waals surface area contributed by atoms with Crippen molar-refractivity contribution in [3.8, 4) is 0 Å². The van der Waals surface area contributed by atoms with Gasteiger partial charge in [-0.3, -0.25) is 4.79 Å². The van der Waals surface area contributed by atoms with E-state index in [1.165, 1.54) is 19.8 Å². The van der Waals surface area contributed by atoms with Gasteiger partial charge in [0.15, 0.2) is 6.29 Å². The second-order valence-electron chi connectivity index (χ2n) is 16.8. The molecule has 7 fully saturated rings. The normalized spacial score (nSPS) is 58.3. The van der Waals surface area contributed by atoms with E-state index in [1.807, 2.05) is 0 Å². The molecule has 5 saturated carbocycles. The number of aliphatic hydroxyl groups excluding tert-OH is 4. The summed E-state index contributed by atoms with van der Waals surface area (Å²) in [5.74, 6) is 1.25. The van der Waals surface area contributed by atoms with E-state index in [-0.39, 0.29) is 70.5 Å². The van der Waals surface area contributed by atoms with E-state index in [2.05, 4.69) is 34.6 Å². The summed E-state index contributed by atoms with van der Waals surface area (Å²) >= 11 is 0. The van der Waals surface area contributed by atoms with Gasteiger partial charge in [-0.15, -0.1) is 0 Å². The number of aliphatic hydroxyl groups is 4. The van der Waals surface area contributed by atoms with Crippen molar-refractivity contribution < 1.29 is 44.2 Å². The van der Waals surface area contributed by atoms with Crippen LogP contribution in [0.15, 0.2) is 0 Å². The average molecular weight is 607 g/mol. The summed E-state index contributed by atoms with van der Waals surface area (Å²) in [6, 6.07) is 0. The van der Waals surface area contributed by atoms with E-state index < -0.39 is 30.7 Å². The quantitative estimate of drug-likeness (QED) is 0.281. The topological polar surface area (TPSA) is 135 Å². The van der Waals surface area contributed by atoms with Crippen molar-refractivity contribution in [2.75, 3.05) is 13.2 Å². The molecule has 0 aromatic heterocycles. The van der Waals surface area contributed by atoms with Gasteiger partial charge in [0.2, 0.25) is 0 Å². The first-order chi connectivity index (χ1) is 20.1. The third-order valence-corrected chi connectivity index (χ3v) is 15.0. The Morgan fingerprint density at radius 3 is 2.35 bits per heavy atom. The molecule has 16 atom stereocenters. The standard InChI is InChI=1S/C34H54O9/c1-17-13-19(14-40-18(2)35)42-27-24(17)31(5)11-12-34-16-33(34)10-9-23(43-29-26(38)25(37)20(36)15-41-29)30(3,4)21(33)7-8-22(34)32(31,6)28(27)39/h17,19-29,36-39H,7-16H2,1-6H3/t17-,19?,20-,21+,22?,23?,24+,25+,26-,27?,28+,29+,31-,32-,33-,34+/m1/s1. The first-order valence-corrected chi connectivity index (χ1v) is 16.9. The SMILES string of the molecule is CC(=O)OCC1C[C@@H](C)[C@H]2C(O1)[C@H](O)[C@@]1(C)C3CC[C@H]4C(C)(C)C(O[C@@H]5OC[C@@H](O)[C@H](O)[C@H]5O)CC[C@@]45C[C@@]35CC[C@]21C. The summed E-state index contributed by atoms with van der Waals surface area (Å²) in [6.07, 6.45) is 2.72. The van der Waals surface area contributed by atoms with Crippen LogP contribution in [0.2, 0.25) is 0 Å². The Kier molecular flexibility index (Phi) is 7.06. The van der Waals surface area contributed by atoms with Gasteiger partial charge in [0.05, 0.1) is 31.0 Å². The van der Waals surface area contributed by atoms with Crippen molar-refractivity contribution in [3.63, 3.8) is 0 Å². The van der Waals surface area contributed by atoms with Gasteiger partial charge in [-0.25, -0.2) is 0 Å². The molecule has 4 N–H and O–H groups in total. The molecule has 2 heterocycles. The number of fused-ring (bicyclic) bond motifs is 4. The molecular weight excluding hydrogens is 552 g/mol. The van der Waals surface area contributed by atoms with E-state index in [9.17, 15) is 25.2 Å². The number of carbonyl (C=O) groups is 1. The van der Waals surface area contributed by atoms with E-state index in [4.69, 9.17) is 18.9 Å². The molecular formula is C34H54O9. The zero-order valence-corrected chi connectivity index (χ0v) is 26.8. The lowest BCUT2D eigenvalue weighted by molar-refractivity contribution is -0.303. The lowest BCUT2D eigenvalue weighted by Crippen LogP contribution is -2.61. The predicted octanol–water partition coefficient (Wildman–Crippen LogP) is 3.19. The fourth-order valence-corrected chi connectivity index (χ4v) is 13.0. The van der Waals surface area contributed by atoms with Crippen LogP contribution in [0.5, 0.6) is 0 Å². The summed E-state index contributed by atoms with van der Waals surface area (Å²) in [4.78, 5) is 11.5. The maximum Gasteiger partial charge on any atom is 0.302 e. The highest BCUT2D eigenvalue weighted by atomic mass is 16.7. The van der Waals surface area contributed by atoms with Crippen molar-refractivity contribution in [2.24, 2.45) is 50.7 Å². The van der Waals surface area contributed by atoms with Crippen LogP contribution < -0.4 is 0 Å². The Morgan fingerprint density at radius 2 is 1.63 bits per heavy atom. The monoisotopic (exact) mass is 606 g/mol. The highest BCUT2D eigenvalue weighted by Crippen LogP contribution is 2.89. The molecule has 2 saturated heterocycles. The molecule has 7 aliphatic rings. The highest BCUT2D eigenvalue weighted by Gasteiger charge is 2.84. The first-order valence-electron chi connectivity index (χ1n) is 16.9. The van der Waals surface area contributed by atoms with Crippen LogP contribution >= 0.6 is 0 Å². The van der Waals surface area contributed by atoms with Crippen LogP contribution in [0, 0.1) is 50.7 Å². The lowest BCUT2D eigenvalue weighted by atomic mass is 9.41. The van der Waals surface area contributed by atoms with Crippen molar-refractivity contribution in [2.45, 2.75) is 142 Å². The maximum absolute atomic E-state index is 12.3. The molecule has 0 bridgehead atoms. The maximum atomic E-state index is 12.3. The molecule has 0 aromatic carbocycles. The minimum atomic E-state index is -1.28. The number of ether oxygens (including phenoxy) is 4. The second kappa shape index (κ2) is 9.85. The molecule has 0 amide bonds. The molecule has 0 radical (unpaired) electrons. The van der Waals surface area contributed by atoms with Crippen molar-refractivity contribution >= 4 is 5.97 Å². The number of carbonyl (C=O) groups excluding carboxylic acids is 1. The molecule has 4 unspecified atom stereocenters. The fraction of sp³-hybridized carbons (Fsp3) is 0.971. The van der Waals surface area contributed by atoms with Gasteiger partial charge in [0.1, 0.15) is 24.9 Å². The van der Waals surface area contributed by atoms with Crippen LogP contribution in [0.4, 0.5) is 0 Å². The van der Waals surface area contributed by atoms with E-state index in [1.54, 1.807) is 0 Å². The van der Waals surface area contributed by atoms with Crippen LogP contribution in [0.1, 0.15) is 92.9 Å². The molecule has 5 aliphatic carbocycles. The molecule has 7 rings (SSSR count). The van der Waals surface area contributed by atoms with E-state index >= 15 is 0 Å². The molecule has 9 heteroatoms. The minimum Gasteiger partial charge on any atom is -0.463 e. The molecule has 2 aliphatic heterocycles. The van der Waals surface area contributed by atoms with Gasteiger partial charge in [-0.05, 0) is 96.7 Å². The Morgan fingerprint density at radius 1 is 0.930 bits per heavy atom. The van der Waals surface area contributed by atoms with E-state index in [0.717, 1.165) is 38.5 Å². The van der Waals surface area contributed by atoms with Crippen molar-refractivity contribution in [3.05, 3.63) is 0 Å². The smallest absolute Gasteiger partial charge is 0.302 e. The average Bonchev–Trinajstić information content (AvgIpc) is 3.58. The fourth-order valence-electron chi connectivity index (χ4n) is 13.0. The third-order valence-electron chi connectivity index (χ3n) is 15.0. The zero-order chi connectivity index (χ0) is 30.9. The Hall–Kier alpha value is -0.810. The van der Waals surface area contributed by atoms with Crippen molar-refractivity contribution in [1.82, 2.24) is 0 Å². The van der Waals surface area contributed by atoms with Crippen LogP contribution in [-0.2, 0) is 23.7 Å². The van der Waals surface area contributed by atoms with Crippen LogP contribution in [-0.4, -0.2) is 88.6 Å². The number of hydrogen-bond acceptors (Lipinski definition) is 9. The van der Waals surface area contributed by atoms with Gasteiger partial charge in [0.25, 0.3) is 0 Å². The molecule has 0 aromatic rings. The second-order valence-corrected chi connectivity index (χ2v) is 16.8. The Balaban J connectivity index is 1.13. The van der Waals surface area contributed by atoms with Gasteiger partial charge >= 0.3 is 5.97 Å². The summed E-state index contributed by atoms with van der Waals surface area (Å²) < 4.78 is 24.1. The van der Waals surface area contributed by atoms with Gasteiger partial charge < -0.3 is 39.4 Å². The van der Waals surface area contributed by atoms with E-state index in [0.29, 0.717) is 17.8 Å². The molecule has 43 heavy (non-hydrogen) atoms. The summed E-state index contributed by atoms with van der Waals surface area (Å²) in [5.41, 5.74) is 0.00714. The summed E-state index contributed by atoms with van der Waals surface area (Å²) in [6.45, 7) is 13.4. The van der Waals surface area contributed by atoms with Gasteiger partial charge in [-0.2, -0.15) is 0 Å². The Labute approximate surface area is 256 Å². The van der Waals surface area contributed by atoms with Crippen LogP contribution in [0.25, 0.3) is 0 Å². The number of rotatable bonds is 4. The Bertz CT molecular complexity index is 1130. The summed E-state index contributed by atoms with van der Waals surface area (Å²) in [5, 5.41) is 43.0. The van der Waals surface area contributed by atoms with Gasteiger partial charge in [0, 0.05) is 12.3 Å². The molecule has 244 valence electrons. The van der Waals surface area contributed by atoms with Crippen LogP contribution in [0.3, 0.4) is 0 Å². The lowest BCUT2D eigenvalue weighted by Gasteiger charge is -2.64. The molecule has 2 spiro atoms. The third kappa shape index (κ3) is 3.91. The largest absolute Gasteiger partial charge is 0.463 e. The molecule has 9 nitrogen and oxygen atoms in total. The minimum absolute atomic E-state index is 0.0227. The first kappa shape index (κ1) is 30.8. The summed E-state index contributed by atoms with van der Waals surface area (Å²) in [7, 11) is 0. The zero-order valence-electron chi connectivity index (χ0n) is 26.8.